The first kappa shape index (κ1) is 21.2. The Morgan fingerprint density at radius 1 is 1.03 bits per heavy atom. The van der Waals surface area contributed by atoms with E-state index in [0.29, 0.717) is 28.0 Å². The molecule has 4 rings (SSSR count). The molecular formula is C24H19F2N3O3. The van der Waals surface area contributed by atoms with Crippen molar-refractivity contribution in [2.45, 2.75) is 13.5 Å². The van der Waals surface area contributed by atoms with Crippen LogP contribution >= 0.6 is 0 Å². The van der Waals surface area contributed by atoms with E-state index in [9.17, 15) is 13.6 Å². The maximum absolute atomic E-state index is 14.5. The molecule has 0 atom stereocenters. The SMILES string of the molecule is COc1cc2c(Oc3cc(C(=O)NCc4cncc(F)c4)ccc3F)ccnc2cc1C. The van der Waals surface area contributed by atoms with Gasteiger partial charge >= 0.3 is 0 Å². The van der Waals surface area contributed by atoms with Crippen molar-refractivity contribution in [2.75, 3.05) is 7.11 Å². The summed E-state index contributed by atoms with van der Waals surface area (Å²) < 4.78 is 38.9. The highest BCUT2D eigenvalue weighted by molar-refractivity contribution is 5.94. The number of fused-ring (bicyclic) bond motifs is 1. The van der Waals surface area contributed by atoms with E-state index in [1.807, 2.05) is 13.0 Å². The lowest BCUT2D eigenvalue weighted by molar-refractivity contribution is 0.0950. The van der Waals surface area contributed by atoms with E-state index < -0.39 is 17.5 Å². The van der Waals surface area contributed by atoms with Crippen molar-refractivity contribution >= 4 is 16.8 Å². The van der Waals surface area contributed by atoms with Crippen LogP contribution in [0, 0.1) is 18.6 Å². The van der Waals surface area contributed by atoms with Crippen molar-refractivity contribution in [1.29, 1.82) is 0 Å². The number of pyridine rings is 2. The number of nitrogens with zero attached hydrogens (tertiary/aromatic N) is 2. The Bertz CT molecular complexity index is 1310. The van der Waals surface area contributed by atoms with Gasteiger partial charge in [-0.3, -0.25) is 14.8 Å². The maximum atomic E-state index is 14.5. The molecule has 1 amide bonds. The van der Waals surface area contributed by atoms with Crippen LogP contribution in [-0.2, 0) is 6.54 Å². The number of carbonyl (C=O) groups is 1. The summed E-state index contributed by atoms with van der Waals surface area (Å²) in [7, 11) is 1.56. The fraction of sp³-hybridized carbons (Fsp3) is 0.125. The molecule has 4 aromatic rings. The number of benzene rings is 2. The van der Waals surface area contributed by atoms with E-state index in [2.05, 4.69) is 15.3 Å². The molecule has 6 nitrogen and oxygen atoms in total. The minimum atomic E-state index is -0.625. The van der Waals surface area contributed by atoms with Crippen LogP contribution in [0.1, 0.15) is 21.5 Å². The van der Waals surface area contributed by atoms with Crippen molar-refractivity contribution in [3.05, 3.63) is 89.4 Å². The molecular weight excluding hydrogens is 416 g/mol. The van der Waals surface area contributed by atoms with E-state index in [0.717, 1.165) is 17.8 Å². The van der Waals surface area contributed by atoms with Crippen molar-refractivity contribution < 1.29 is 23.0 Å². The third-order valence-corrected chi connectivity index (χ3v) is 4.85. The molecule has 0 aliphatic rings. The highest BCUT2D eigenvalue weighted by Gasteiger charge is 2.14. The van der Waals surface area contributed by atoms with E-state index >= 15 is 0 Å². The highest BCUT2D eigenvalue weighted by Crippen LogP contribution is 2.34. The van der Waals surface area contributed by atoms with E-state index in [-0.39, 0.29) is 17.9 Å². The molecule has 0 aliphatic heterocycles. The van der Waals surface area contributed by atoms with Crippen LogP contribution in [0.4, 0.5) is 8.78 Å². The minimum Gasteiger partial charge on any atom is -0.496 e. The number of ether oxygens (including phenoxy) is 2. The number of nitrogens with one attached hydrogen (secondary N) is 1. The first-order chi connectivity index (χ1) is 15.4. The predicted octanol–water partition coefficient (Wildman–Crippen LogP) is 4.95. The van der Waals surface area contributed by atoms with Crippen molar-refractivity contribution in [3.8, 4) is 17.2 Å². The fourth-order valence-corrected chi connectivity index (χ4v) is 3.24. The number of rotatable bonds is 6. The van der Waals surface area contributed by atoms with Crippen molar-refractivity contribution in [2.24, 2.45) is 0 Å². The molecule has 0 saturated heterocycles. The van der Waals surface area contributed by atoms with Gasteiger partial charge < -0.3 is 14.8 Å². The van der Waals surface area contributed by atoms with Crippen LogP contribution in [0.15, 0.2) is 61.1 Å². The second kappa shape index (κ2) is 8.97. The average Bonchev–Trinajstić information content (AvgIpc) is 2.78. The van der Waals surface area contributed by atoms with Gasteiger partial charge in [0.2, 0.25) is 0 Å². The Morgan fingerprint density at radius 2 is 1.88 bits per heavy atom. The average molecular weight is 435 g/mol. The molecule has 32 heavy (non-hydrogen) atoms. The van der Waals surface area contributed by atoms with E-state index in [4.69, 9.17) is 9.47 Å². The molecule has 0 bridgehead atoms. The second-order valence-electron chi connectivity index (χ2n) is 7.09. The number of hydrogen-bond donors (Lipinski definition) is 1. The first-order valence-corrected chi connectivity index (χ1v) is 9.73. The van der Waals surface area contributed by atoms with Crippen LogP contribution in [0.25, 0.3) is 10.9 Å². The van der Waals surface area contributed by atoms with Crippen LogP contribution in [0.2, 0.25) is 0 Å². The largest absolute Gasteiger partial charge is 0.496 e. The Morgan fingerprint density at radius 3 is 2.66 bits per heavy atom. The molecule has 0 aliphatic carbocycles. The Labute approximate surface area is 182 Å². The smallest absolute Gasteiger partial charge is 0.251 e. The predicted molar refractivity (Wildman–Crippen MR) is 115 cm³/mol. The van der Waals surface area contributed by atoms with Gasteiger partial charge in [-0.1, -0.05) is 0 Å². The van der Waals surface area contributed by atoms with Crippen molar-refractivity contribution in [3.63, 3.8) is 0 Å². The summed E-state index contributed by atoms with van der Waals surface area (Å²) >= 11 is 0. The van der Waals surface area contributed by atoms with Gasteiger partial charge in [0.15, 0.2) is 11.6 Å². The summed E-state index contributed by atoms with van der Waals surface area (Å²) in [5, 5.41) is 3.30. The molecule has 0 radical (unpaired) electrons. The van der Waals surface area contributed by atoms with Gasteiger partial charge in [0.05, 0.1) is 18.8 Å². The summed E-state index contributed by atoms with van der Waals surface area (Å²) in [5.41, 5.74) is 2.27. The highest BCUT2D eigenvalue weighted by atomic mass is 19.1. The number of carbonyl (C=O) groups excluding carboxylic acids is 1. The van der Waals surface area contributed by atoms with Crippen molar-refractivity contribution in [1.82, 2.24) is 15.3 Å². The molecule has 162 valence electrons. The lowest BCUT2D eigenvalue weighted by Gasteiger charge is -2.13. The summed E-state index contributed by atoms with van der Waals surface area (Å²) in [6.45, 7) is 1.97. The van der Waals surface area contributed by atoms with E-state index in [1.165, 1.54) is 24.4 Å². The molecule has 0 fully saturated rings. The van der Waals surface area contributed by atoms with Crippen LogP contribution < -0.4 is 14.8 Å². The number of halogens is 2. The molecule has 2 heterocycles. The van der Waals surface area contributed by atoms with Gasteiger partial charge in [-0.2, -0.15) is 0 Å². The lowest BCUT2D eigenvalue weighted by Crippen LogP contribution is -2.23. The zero-order valence-electron chi connectivity index (χ0n) is 17.4. The molecule has 2 aromatic carbocycles. The number of aryl methyl sites for hydroxylation is 1. The molecule has 0 unspecified atom stereocenters. The number of methoxy groups -OCH3 is 1. The maximum Gasteiger partial charge on any atom is 0.251 e. The second-order valence-corrected chi connectivity index (χ2v) is 7.09. The number of aromatic nitrogens is 2. The fourth-order valence-electron chi connectivity index (χ4n) is 3.24. The quantitative estimate of drug-likeness (QED) is 0.464. The third-order valence-electron chi connectivity index (χ3n) is 4.85. The number of hydrogen-bond acceptors (Lipinski definition) is 5. The topological polar surface area (TPSA) is 73.3 Å². The first-order valence-electron chi connectivity index (χ1n) is 9.73. The van der Waals surface area contributed by atoms with Gasteiger partial charge in [0.1, 0.15) is 17.3 Å². The van der Waals surface area contributed by atoms with Crippen LogP contribution in [0.5, 0.6) is 17.2 Å². The zero-order valence-corrected chi connectivity index (χ0v) is 17.4. The Balaban J connectivity index is 1.59. The summed E-state index contributed by atoms with van der Waals surface area (Å²) in [4.78, 5) is 20.6. The minimum absolute atomic E-state index is 0.0747. The molecule has 0 saturated carbocycles. The van der Waals surface area contributed by atoms with Crippen LogP contribution in [0.3, 0.4) is 0 Å². The van der Waals surface area contributed by atoms with Gasteiger partial charge in [-0.15, -0.1) is 0 Å². The summed E-state index contributed by atoms with van der Waals surface area (Å²) in [6, 6.07) is 10.3. The standard InChI is InChI=1S/C24H19F2N3O3/c1-14-7-20-18(10-22(14)31-2)21(5-6-28-20)32-23-9-16(3-4-19(23)26)24(30)29-12-15-8-17(25)13-27-11-15/h3-11,13H,12H2,1-2H3,(H,29,30). The molecule has 8 heteroatoms. The summed E-state index contributed by atoms with van der Waals surface area (Å²) in [5.74, 6) is -0.676. The molecule has 2 aromatic heterocycles. The normalized spacial score (nSPS) is 10.8. The zero-order chi connectivity index (χ0) is 22.7. The van der Waals surface area contributed by atoms with Gasteiger partial charge in [-0.25, -0.2) is 8.78 Å². The van der Waals surface area contributed by atoms with E-state index in [1.54, 1.807) is 25.4 Å². The molecule has 1 N–H and O–H groups in total. The number of amides is 1. The lowest BCUT2D eigenvalue weighted by atomic mass is 10.1. The monoisotopic (exact) mass is 435 g/mol. The van der Waals surface area contributed by atoms with Gasteiger partial charge in [-0.05, 0) is 60.5 Å². The molecule has 0 spiro atoms. The third kappa shape index (κ3) is 4.49. The summed E-state index contributed by atoms with van der Waals surface area (Å²) in [6.07, 6.45) is 4.09. The Hall–Kier alpha value is -4.07. The Kier molecular flexibility index (Phi) is 5.93. The van der Waals surface area contributed by atoms with Crippen LogP contribution in [-0.4, -0.2) is 23.0 Å². The van der Waals surface area contributed by atoms with Gasteiger partial charge in [0.25, 0.3) is 5.91 Å². The van der Waals surface area contributed by atoms with Gasteiger partial charge in [0, 0.05) is 29.9 Å².